The maximum Gasteiger partial charge on any atom is 0.353 e. The highest BCUT2D eigenvalue weighted by atomic mass is 79.9. The molecule has 0 amide bonds. The van der Waals surface area contributed by atoms with Crippen LogP contribution in [0.15, 0.2) is 51.8 Å². The van der Waals surface area contributed by atoms with Crippen molar-refractivity contribution in [3.8, 4) is 0 Å². The van der Waals surface area contributed by atoms with Gasteiger partial charge in [0.25, 0.3) is 0 Å². The van der Waals surface area contributed by atoms with Crippen LogP contribution < -0.4 is 10.2 Å². The van der Waals surface area contributed by atoms with Crippen molar-refractivity contribution in [3.05, 3.63) is 74.7 Å². The lowest BCUT2D eigenvalue weighted by Gasteiger charge is -2.22. The van der Waals surface area contributed by atoms with E-state index in [-0.39, 0.29) is 44.3 Å². The summed E-state index contributed by atoms with van der Waals surface area (Å²) in [7, 11) is 0. The molecule has 0 bridgehead atoms. The van der Waals surface area contributed by atoms with Gasteiger partial charge in [-0.2, -0.15) is 0 Å². The lowest BCUT2D eigenvalue weighted by molar-refractivity contribution is -0.383. The first-order valence-corrected chi connectivity index (χ1v) is 10.8. The van der Waals surface area contributed by atoms with Gasteiger partial charge in [0.05, 0.1) is 30.8 Å². The molecule has 10 nitrogen and oxygen atoms in total. The highest BCUT2D eigenvalue weighted by Gasteiger charge is 2.28. The molecule has 1 aromatic carbocycles. The Morgan fingerprint density at radius 1 is 1.36 bits per heavy atom. The molecule has 2 aromatic heterocycles. The number of nitrogens with zero attached hydrogens (tertiary/aromatic N) is 4. The summed E-state index contributed by atoms with van der Waals surface area (Å²) >= 11 is 3.28. The third kappa shape index (κ3) is 6.48. The van der Waals surface area contributed by atoms with Crippen LogP contribution in [-0.2, 0) is 22.6 Å². The highest BCUT2D eigenvalue weighted by molar-refractivity contribution is 9.10. The van der Waals surface area contributed by atoms with Crippen LogP contribution in [-0.4, -0.2) is 34.0 Å². The first-order valence-electron chi connectivity index (χ1n) is 9.99. The number of carbonyl (C=O) groups excluding carboxylic acids is 1. The van der Waals surface area contributed by atoms with E-state index in [1.165, 1.54) is 18.7 Å². The fourth-order valence-electron chi connectivity index (χ4n) is 3.07. The molecule has 0 saturated heterocycles. The van der Waals surface area contributed by atoms with Crippen molar-refractivity contribution in [1.82, 2.24) is 9.97 Å². The smallest absolute Gasteiger partial charge is 0.353 e. The predicted molar refractivity (Wildman–Crippen MR) is 121 cm³/mol. The van der Waals surface area contributed by atoms with E-state index < -0.39 is 22.4 Å². The van der Waals surface area contributed by atoms with Crippen molar-refractivity contribution in [1.29, 1.82) is 0 Å². The van der Waals surface area contributed by atoms with Crippen molar-refractivity contribution >= 4 is 39.2 Å². The Hall–Kier alpha value is -3.54. The normalized spacial score (nSPS) is 10.6. The molecule has 174 valence electrons. The van der Waals surface area contributed by atoms with E-state index in [1.807, 2.05) is 0 Å². The number of furan rings is 1. The van der Waals surface area contributed by atoms with Gasteiger partial charge < -0.3 is 19.4 Å². The minimum Gasteiger partial charge on any atom is -0.467 e. The zero-order chi connectivity index (χ0) is 23.8. The fourth-order valence-corrected chi connectivity index (χ4v) is 3.47. The molecule has 0 radical (unpaired) electrons. The van der Waals surface area contributed by atoms with Gasteiger partial charge >= 0.3 is 11.7 Å². The van der Waals surface area contributed by atoms with Crippen LogP contribution in [0.5, 0.6) is 0 Å². The van der Waals surface area contributed by atoms with E-state index in [9.17, 15) is 19.3 Å². The molecule has 0 aliphatic carbocycles. The van der Waals surface area contributed by atoms with Crippen LogP contribution in [0.4, 0.5) is 21.7 Å². The number of esters is 1. The van der Waals surface area contributed by atoms with Gasteiger partial charge in [0.2, 0.25) is 11.6 Å². The maximum atomic E-state index is 14.1. The fraction of sp³-hybridized carbons (Fsp3) is 0.286. The topological polar surface area (TPSA) is 124 Å². The Bertz CT molecular complexity index is 1110. The number of anilines is 2. The summed E-state index contributed by atoms with van der Waals surface area (Å²) in [4.78, 5) is 32.9. The van der Waals surface area contributed by atoms with Crippen molar-refractivity contribution in [2.45, 2.75) is 26.4 Å². The third-order valence-electron chi connectivity index (χ3n) is 4.56. The summed E-state index contributed by atoms with van der Waals surface area (Å²) in [5.41, 5.74) is -0.100. The molecule has 0 atom stereocenters. The lowest BCUT2D eigenvalue weighted by Crippen LogP contribution is -2.28. The van der Waals surface area contributed by atoms with Crippen LogP contribution in [0.2, 0.25) is 0 Å². The number of halogens is 2. The van der Waals surface area contributed by atoms with E-state index in [4.69, 9.17) is 9.15 Å². The van der Waals surface area contributed by atoms with E-state index >= 15 is 0 Å². The number of hydrogen-bond donors (Lipinski definition) is 1. The number of aromatic nitrogens is 2. The molecule has 1 N–H and O–H groups in total. The first-order chi connectivity index (χ1) is 15.9. The van der Waals surface area contributed by atoms with Gasteiger partial charge in [-0.3, -0.25) is 14.9 Å². The second kappa shape index (κ2) is 11.4. The monoisotopic (exact) mass is 521 g/mol. The average molecular weight is 522 g/mol. The molecule has 0 aliphatic heterocycles. The number of benzene rings is 1. The van der Waals surface area contributed by atoms with Crippen LogP contribution in [0.25, 0.3) is 0 Å². The Morgan fingerprint density at radius 2 is 2.18 bits per heavy atom. The zero-order valence-corrected chi connectivity index (χ0v) is 19.2. The second-order valence-electron chi connectivity index (χ2n) is 6.80. The second-order valence-corrected chi connectivity index (χ2v) is 7.71. The van der Waals surface area contributed by atoms with Gasteiger partial charge in [-0.25, -0.2) is 14.4 Å². The number of hydrogen-bond acceptors (Lipinski definition) is 9. The number of rotatable bonds is 11. The van der Waals surface area contributed by atoms with Gasteiger partial charge in [-0.1, -0.05) is 15.9 Å². The Labute approximate surface area is 197 Å². The molecule has 0 aliphatic rings. The van der Waals surface area contributed by atoms with Crippen molar-refractivity contribution in [3.63, 3.8) is 0 Å². The number of ether oxygens (including phenoxy) is 1. The van der Waals surface area contributed by atoms with Gasteiger partial charge in [0.1, 0.15) is 17.9 Å². The molecule has 0 fully saturated rings. The first kappa shape index (κ1) is 24.1. The van der Waals surface area contributed by atoms with E-state index in [0.717, 1.165) is 0 Å². The molecule has 0 spiro atoms. The Kier molecular flexibility index (Phi) is 8.30. The summed E-state index contributed by atoms with van der Waals surface area (Å²) < 4.78 is 25.1. The molecule has 3 rings (SSSR count). The lowest BCUT2D eigenvalue weighted by atomic mass is 10.2. The SMILES string of the molecule is CCOC(=O)CCN(Cc1ccco1)c1ncnc(NCc2cc(Br)ccc2F)c1[N+](=O)[O-]. The number of carbonyl (C=O) groups is 1. The van der Waals surface area contributed by atoms with Crippen LogP contribution in [0.1, 0.15) is 24.7 Å². The summed E-state index contributed by atoms with van der Waals surface area (Å²) in [6, 6.07) is 7.81. The van der Waals surface area contributed by atoms with E-state index in [0.29, 0.717) is 15.8 Å². The van der Waals surface area contributed by atoms with Crippen LogP contribution >= 0.6 is 15.9 Å². The summed E-state index contributed by atoms with van der Waals surface area (Å²) in [5, 5.41) is 14.8. The Morgan fingerprint density at radius 3 is 2.88 bits per heavy atom. The number of nitro groups is 1. The van der Waals surface area contributed by atoms with Crippen LogP contribution in [0, 0.1) is 15.9 Å². The summed E-state index contributed by atoms with van der Waals surface area (Å²) in [6.45, 7) is 2.11. The minimum atomic E-state index is -0.617. The molecular formula is C21H21BrFN5O5. The molecule has 2 heterocycles. The quantitative estimate of drug-likeness (QED) is 0.221. The minimum absolute atomic E-state index is 0.00656. The molecule has 0 unspecified atom stereocenters. The van der Waals surface area contributed by atoms with Crippen molar-refractivity contribution < 1.29 is 23.3 Å². The third-order valence-corrected chi connectivity index (χ3v) is 5.05. The van der Waals surface area contributed by atoms with Gasteiger partial charge in [-0.05, 0) is 37.3 Å². The standard InChI is InChI=1S/C21H21BrFN5O5/c1-2-32-18(29)7-8-27(12-16-4-3-9-33-16)21-19(28(30)31)20(25-13-26-21)24-11-14-10-15(22)5-6-17(14)23/h3-6,9-10,13H,2,7-8,11-12H2,1H3,(H,24,25,26). The van der Waals surface area contributed by atoms with Gasteiger partial charge in [0, 0.05) is 23.1 Å². The molecule has 12 heteroatoms. The van der Waals surface area contributed by atoms with Gasteiger partial charge in [0.15, 0.2) is 0 Å². The predicted octanol–water partition coefficient (Wildman–Crippen LogP) is 4.45. The molecule has 0 saturated carbocycles. The molecule has 33 heavy (non-hydrogen) atoms. The summed E-state index contributed by atoms with van der Waals surface area (Å²) in [5.74, 6) is -0.464. The number of nitrogens with one attached hydrogen (secondary N) is 1. The summed E-state index contributed by atoms with van der Waals surface area (Å²) in [6.07, 6.45) is 2.63. The highest BCUT2D eigenvalue weighted by Crippen LogP contribution is 2.33. The van der Waals surface area contributed by atoms with E-state index in [2.05, 4.69) is 31.2 Å². The molecule has 3 aromatic rings. The molecular weight excluding hydrogens is 501 g/mol. The largest absolute Gasteiger partial charge is 0.467 e. The average Bonchev–Trinajstić information content (AvgIpc) is 3.30. The van der Waals surface area contributed by atoms with Crippen LogP contribution in [0.3, 0.4) is 0 Å². The van der Waals surface area contributed by atoms with Crippen molar-refractivity contribution in [2.24, 2.45) is 0 Å². The maximum absolute atomic E-state index is 14.1. The Balaban J connectivity index is 1.91. The van der Waals surface area contributed by atoms with Crippen molar-refractivity contribution in [2.75, 3.05) is 23.4 Å². The zero-order valence-electron chi connectivity index (χ0n) is 17.7. The van der Waals surface area contributed by atoms with Gasteiger partial charge in [-0.15, -0.1) is 0 Å². The van der Waals surface area contributed by atoms with E-state index in [1.54, 1.807) is 36.1 Å².